The van der Waals surface area contributed by atoms with E-state index in [9.17, 15) is 4.79 Å². The second kappa shape index (κ2) is 3.76. The van der Waals surface area contributed by atoms with Crippen molar-refractivity contribution < 1.29 is 9.53 Å². The van der Waals surface area contributed by atoms with E-state index in [1.54, 1.807) is 7.11 Å². The Morgan fingerprint density at radius 1 is 1.29 bits per heavy atom. The minimum Gasteiger partial charge on any atom is -0.496 e. The summed E-state index contributed by atoms with van der Waals surface area (Å²) in [6.45, 7) is 0.763. The van der Waals surface area contributed by atoms with Gasteiger partial charge in [-0.05, 0) is 25.0 Å². The smallest absolute Gasteiger partial charge is 0.251 e. The van der Waals surface area contributed by atoms with Gasteiger partial charge in [0.15, 0.2) is 0 Å². The molecule has 1 fully saturated rings. The molecule has 1 aromatic rings. The molecule has 90 valence electrons. The predicted molar refractivity (Wildman–Crippen MR) is 65.5 cm³/mol. The molecule has 3 nitrogen and oxygen atoms in total. The van der Waals surface area contributed by atoms with Gasteiger partial charge in [-0.1, -0.05) is 18.9 Å². The lowest BCUT2D eigenvalue weighted by Gasteiger charge is -2.36. The zero-order chi connectivity index (χ0) is 11.9. The van der Waals surface area contributed by atoms with Crippen molar-refractivity contribution in [3.63, 3.8) is 0 Å². The molecule has 0 bridgehead atoms. The van der Waals surface area contributed by atoms with Gasteiger partial charge in [0.1, 0.15) is 5.75 Å². The first-order valence-corrected chi connectivity index (χ1v) is 6.22. The lowest BCUT2D eigenvalue weighted by molar-refractivity contribution is 0.0923. The van der Waals surface area contributed by atoms with Crippen LogP contribution in [0.3, 0.4) is 0 Å². The summed E-state index contributed by atoms with van der Waals surface area (Å²) in [5.41, 5.74) is 2.07. The fraction of sp³-hybridized carbons (Fsp3) is 0.500. The molecule has 1 saturated carbocycles. The highest BCUT2D eigenvalue weighted by Crippen LogP contribution is 2.47. The molecule has 2 aliphatic rings. The molecule has 0 atom stereocenters. The van der Waals surface area contributed by atoms with Crippen LogP contribution in [-0.2, 0) is 5.41 Å². The Bertz CT molecular complexity index is 461. The predicted octanol–water partition coefficient (Wildman–Crippen LogP) is 2.25. The van der Waals surface area contributed by atoms with E-state index in [1.165, 1.54) is 12.8 Å². The molecule has 1 aliphatic heterocycles. The van der Waals surface area contributed by atoms with E-state index < -0.39 is 0 Å². The average molecular weight is 231 g/mol. The molecule has 0 aromatic heterocycles. The second-order valence-electron chi connectivity index (χ2n) is 5.05. The first kappa shape index (κ1) is 10.6. The molecule has 0 unspecified atom stereocenters. The van der Waals surface area contributed by atoms with Crippen LogP contribution in [0.2, 0.25) is 0 Å². The van der Waals surface area contributed by atoms with Crippen molar-refractivity contribution in [1.29, 1.82) is 0 Å². The van der Waals surface area contributed by atoms with Gasteiger partial charge in [-0.25, -0.2) is 0 Å². The van der Waals surface area contributed by atoms with E-state index in [2.05, 4.69) is 5.32 Å². The summed E-state index contributed by atoms with van der Waals surface area (Å²) in [6, 6.07) is 5.77. The zero-order valence-corrected chi connectivity index (χ0v) is 10.1. The first-order chi connectivity index (χ1) is 8.27. The van der Waals surface area contributed by atoms with E-state index in [4.69, 9.17) is 4.74 Å². The number of hydrogen-bond donors (Lipinski definition) is 1. The van der Waals surface area contributed by atoms with Gasteiger partial charge in [-0.2, -0.15) is 0 Å². The van der Waals surface area contributed by atoms with Gasteiger partial charge in [0, 0.05) is 23.1 Å². The number of ether oxygens (including phenoxy) is 1. The molecule has 3 rings (SSSR count). The number of nitrogens with one attached hydrogen (secondary N) is 1. The Morgan fingerprint density at radius 3 is 2.76 bits per heavy atom. The van der Waals surface area contributed by atoms with Gasteiger partial charge >= 0.3 is 0 Å². The van der Waals surface area contributed by atoms with Crippen molar-refractivity contribution in [2.45, 2.75) is 31.1 Å². The number of benzene rings is 1. The fourth-order valence-electron chi connectivity index (χ4n) is 3.35. The molecule has 1 aliphatic carbocycles. The first-order valence-electron chi connectivity index (χ1n) is 6.22. The topological polar surface area (TPSA) is 38.3 Å². The van der Waals surface area contributed by atoms with Crippen molar-refractivity contribution in [2.24, 2.45) is 0 Å². The van der Waals surface area contributed by atoms with Crippen LogP contribution in [0.5, 0.6) is 5.75 Å². The highest BCUT2D eigenvalue weighted by atomic mass is 16.5. The van der Waals surface area contributed by atoms with Gasteiger partial charge in [-0.15, -0.1) is 0 Å². The highest BCUT2D eigenvalue weighted by Gasteiger charge is 2.43. The minimum atomic E-state index is 0.0384. The Hall–Kier alpha value is -1.51. The van der Waals surface area contributed by atoms with Crippen molar-refractivity contribution in [1.82, 2.24) is 5.32 Å². The van der Waals surface area contributed by atoms with Crippen molar-refractivity contribution >= 4 is 5.91 Å². The Balaban J connectivity index is 2.21. The number of amides is 1. The van der Waals surface area contributed by atoms with Gasteiger partial charge in [0.2, 0.25) is 0 Å². The van der Waals surface area contributed by atoms with Crippen molar-refractivity contribution in [3.05, 3.63) is 29.3 Å². The van der Waals surface area contributed by atoms with Crippen LogP contribution in [0.4, 0.5) is 0 Å². The molecule has 1 amide bonds. The van der Waals surface area contributed by atoms with Crippen LogP contribution in [0.1, 0.15) is 41.6 Å². The molecule has 17 heavy (non-hydrogen) atoms. The number of hydrogen-bond acceptors (Lipinski definition) is 2. The number of rotatable bonds is 1. The van der Waals surface area contributed by atoms with Gasteiger partial charge in [0.05, 0.1) is 7.11 Å². The molecular weight excluding hydrogens is 214 g/mol. The van der Waals surface area contributed by atoms with E-state index in [-0.39, 0.29) is 11.3 Å². The molecular formula is C14H17NO2. The maximum absolute atomic E-state index is 11.9. The molecule has 0 saturated heterocycles. The Morgan fingerprint density at radius 2 is 2.06 bits per heavy atom. The van der Waals surface area contributed by atoms with Gasteiger partial charge in [0.25, 0.3) is 5.91 Å². The van der Waals surface area contributed by atoms with Crippen LogP contribution in [-0.4, -0.2) is 19.6 Å². The monoisotopic (exact) mass is 231 g/mol. The van der Waals surface area contributed by atoms with Crippen LogP contribution in [0.25, 0.3) is 0 Å². The van der Waals surface area contributed by atoms with Crippen LogP contribution in [0, 0.1) is 0 Å². The maximum atomic E-state index is 11.9. The molecule has 1 aromatic carbocycles. The summed E-state index contributed by atoms with van der Waals surface area (Å²) in [5.74, 6) is 0.913. The maximum Gasteiger partial charge on any atom is 0.251 e. The summed E-state index contributed by atoms with van der Waals surface area (Å²) in [6.07, 6.45) is 4.79. The third-order valence-corrected chi connectivity index (χ3v) is 4.17. The lowest BCUT2D eigenvalue weighted by atomic mass is 9.74. The molecule has 3 heteroatoms. The summed E-state index contributed by atoms with van der Waals surface area (Å²) in [5, 5.41) is 3.03. The minimum absolute atomic E-state index is 0.0384. The van der Waals surface area contributed by atoms with Crippen LogP contribution >= 0.6 is 0 Å². The Kier molecular flexibility index (Phi) is 2.35. The Labute approximate surface area is 101 Å². The quantitative estimate of drug-likeness (QED) is 0.805. The van der Waals surface area contributed by atoms with Crippen LogP contribution in [0.15, 0.2) is 18.2 Å². The normalized spacial score (nSPS) is 21.1. The third kappa shape index (κ3) is 1.45. The SMILES string of the molecule is COc1cccc2c1C1(CCCC1)CNC2=O. The molecule has 1 N–H and O–H groups in total. The summed E-state index contributed by atoms with van der Waals surface area (Å²) in [4.78, 5) is 11.9. The van der Waals surface area contributed by atoms with Gasteiger partial charge < -0.3 is 10.1 Å². The van der Waals surface area contributed by atoms with E-state index in [0.29, 0.717) is 0 Å². The third-order valence-electron chi connectivity index (χ3n) is 4.17. The molecule has 0 radical (unpaired) electrons. The summed E-state index contributed by atoms with van der Waals surface area (Å²) >= 11 is 0. The van der Waals surface area contributed by atoms with Gasteiger partial charge in [-0.3, -0.25) is 4.79 Å². The number of carbonyl (C=O) groups is 1. The average Bonchev–Trinajstić information content (AvgIpc) is 2.83. The number of methoxy groups -OCH3 is 1. The standard InChI is InChI=1S/C14H17NO2/c1-17-11-6-4-5-10-12(11)14(7-2-3-8-14)9-15-13(10)16/h4-6H,2-3,7-9H2,1H3,(H,15,16). The summed E-state index contributed by atoms with van der Waals surface area (Å²) < 4.78 is 5.47. The zero-order valence-electron chi connectivity index (χ0n) is 10.1. The fourth-order valence-corrected chi connectivity index (χ4v) is 3.35. The lowest BCUT2D eigenvalue weighted by Crippen LogP contribution is -2.45. The highest BCUT2D eigenvalue weighted by molar-refractivity contribution is 5.98. The molecule has 1 heterocycles. The molecule has 1 spiro atoms. The van der Waals surface area contributed by atoms with E-state index in [1.807, 2.05) is 18.2 Å². The van der Waals surface area contributed by atoms with E-state index in [0.717, 1.165) is 36.3 Å². The largest absolute Gasteiger partial charge is 0.496 e. The number of carbonyl (C=O) groups excluding carboxylic acids is 1. The van der Waals surface area contributed by atoms with Crippen LogP contribution < -0.4 is 10.1 Å². The summed E-state index contributed by atoms with van der Waals surface area (Å²) in [7, 11) is 1.69. The van der Waals surface area contributed by atoms with Crippen molar-refractivity contribution in [2.75, 3.05) is 13.7 Å². The van der Waals surface area contributed by atoms with E-state index >= 15 is 0 Å². The second-order valence-corrected chi connectivity index (χ2v) is 5.05. The van der Waals surface area contributed by atoms with Crippen molar-refractivity contribution in [3.8, 4) is 5.75 Å². The number of fused-ring (bicyclic) bond motifs is 2.